The Balaban J connectivity index is -0.000000105. The maximum Gasteiger partial charge on any atom is 4.00 e. The molecule has 0 aliphatic heterocycles. The summed E-state index contributed by atoms with van der Waals surface area (Å²) in [6.45, 7) is 8.15. The Bertz CT molecular complexity index is 362. The first kappa shape index (κ1) is 41.8. The molecule has 0 aromatic heterocycles. The molecule has 0 aliphatic carbocycles. The fraction of sp³-hybridized carbons (Fsp3) is 0.833. The van der Waals surface area contributed by atoms with Gasteiger partial charge in [-0.2, -0.15) is 0 Å². The second-order valence-electron chi connectivity index (χ2n) is 7.32. The van der Waals surface area contributed by atoms with Crippen molar-refractivity contribution in [3.8, 4) is 0 Å². The molecule has 0 aromatic rings. The summed E-state index contributed by atoms with van der Waals surface area (Å²) < 4.78 is 0. The van der Waals surface area contributed by atoms with Gasteiger partial charge in [0.15, 0.2) is 0 Å². The topological polar surface area (TPSA) is 161 Å². The van der Waals surface area contributed by atoms with Crippen molar-refractivity contribution in [3.63, 3.8) is 0 Å². The van der Waals surface area contributed by atoms with Crippen LogP contribution in [-0.2, 0) is 40.9 Å². The van der Waals surface area contributed by atoms with Gasteiger partial charge in [-0.05, 0) is 51.4 Å². The number of carboxylic acid groups (broad SMARTS) is 4. The molecule has 0 aromatic carbocycles. The predicted octanol–water partition coefficient (Wildman–Crippen LogP) is 1.26. The van der Waals surface area contributed by atoms with Gasteiger partial charge >= 0.3 is 21.7 Å². The Morgan fingerprint density at radius 2 is 0.545 bits per heavy atom. The molecule has 0 spiro atoms. The van der Waals surface area contributed by atoms with E-state index in [2.05, 4.69) is 0 Å². The number of hydrogen-bond donors (Lipinski definition) is 0. The van der Waals surface area contributed by atoms with Crippen molar-refractivity contribution in [2.75, 3.05) is 0 Å². The molecule has 0 fully saturated rings. The van der Waals surface area contributed by atoms with Gasteiger partial charge in [0.25, 0.3) is 0 Å². The second-order valence-corrected chi connectivity index (χ2v) is 7.32. The van der Waals surface area contributed by atoms with Gasteiger partial charge in [0.2, 0.25) is 0 Å². The van der Waals surface area contributed by atoms with E-state index in [9.17, 15) is 39.6 Å². The van der Waals surface area contributed by atoms with Crippen LogP contribution >= 0.6 is 0 Å². The van der Waals surface area contributed by atoms with E-state index in [1.165, 1.54) is 0 Å². The molecule has 33 heavy (non-hydrogen) atoms. The van der Waals surface area contributed by atoms with Crippen molar-refractivity contribution in [1.29, 1.82) is 0 Å². The van der Waals surface area contributed by atoms with Crippen molar-refractivity contribution in [1.82, 2.24) is 0 Å². The number of aliphatic carboxylic acids is 4. The molecule has 0 N–H and O–H groups in total. The standard InChI is InChI=1S/4C6H12O2.Ti/c4*1-2-3-4-5-6(7)8;/h4*2-5H2,1H3,(H,7,8);/q;;;;+4/p-4. The van der Waals surface area contributed by atoms with E-state index in [0.29, 0.717) is 0 Å². The molecule has 0 radical (unpaired) electrons. The van der Waals surface area contributed by atoms with Crippen LogP contribution in [0.25, 0.3) is 0 Å². The smallest absolute Gasteiger partial charge is 0.550 e. The van der Waals surface area contributed by atoms with E-state index in [1.807, 2.05) is 27.7 Å². The number of rotatable bonds is 16. The van der Waals surface area contributed by atoms with E-state index in [4.69, 9.17) is 0 Å². The quantitative estimate of drug-likeness (QED) is 0.222. The van der Waals surface area contributed by atoms with Crippen LogP contribution in [0.3, 0.4) is 0 Å². The van der Waals surface area contributed by atoms with Gasteiger partial charge < -0.3 is 39.6 Å². The Hall–Kier alpha value is -1.41. The van der Waals surface area contributed by atoms with Gasteiger partial charge in [0, 0.05) is 23.9 Å². The summed E-state index contributed by atoms with van der Waals surface area (Å²) in [5.41, 5.74) is 0. The zero-order valence-corrected chi connectivity index (χ0v) is 22.6. The van der Waals surface area contributed by atoms with Crippen molar-refractivity contribution in [3.05, 3.63) is 0 Å². The van der Waals surface area contributed by atoms with Crippen LogP contribution < -0.4 is 20.4 Å². The van der Waals surface area contributed by atoms with Crippen LogP contribution in [0.1, 0.15) is 130 Å². The molecule has 8 nitrogen and oxygen atoms in total. The van der Waals surface area contributed by atoms with E-state index in [1.54, 1.807) is 0 Å². The van der Waals surface area contributed by atoms with E-state index in [-0.39, 0.29) is 47.4 Å². The summed E-state index contributed by atoms with van der Waals surface area (Å²) in [6, 6.07) is 0. The molecule has 0 atom stereocenters. The van der Waals surface area contributed by atoms with Crippen LogP contribution in [0.5, 0.6) is 0 Å². The summed E-state index contributed by atoms with van der Waals surface area (Å²) in [5, 5.41) is 39.1. The third-order valence-electron chi connectivity index (χ3n) is 3.94. The molecule has 0 aliphatic rings. The van der Waals surface area contributed by atoms with E-state index >= 15 is 0 Å². The van der Waals surface area contributed by atoms with Crippen LogP contribution in [0.15, 0.2) is 0 Å². The van der Waals surface area contributed by atoms with Crippen LogP contribution in [0.2, 0.25) is 0 Å². The minimum atomic E-state index is -0.932. The van der Waals surface area contributed by atoms with Crippen molar-refractivity contribution < 1.29 is 61.3 Å². The third kappa shape index (κ3) is 72.4. The normalized spacial score (nSPS) is 8.85. The van der Waals surface area contributed by atoms with Gasteiger partial charge in [-0.25, -0.2) is 0 Å². The maximum absolute atomic E-state index is 9.76. The van der Waals surface area contributed by atoms with Crippen molar-refractivity contribution in [2.45, 2.75) is 130 Å². The average molecular weight is 508 g/mol. The van der Waals surface area contributed by atoms with E-state index in [0.717, 1.165) is 77.0 Å². The van der Waals surface area contributed by atoms with Crippen molar-refractivity contribution in [2.24, 2.45) is 0 Å². The largest absolute Gasteiger partial charge is 4.00 e. The molecule has 0 heterocycles. The second kappa shape index (κ2) is 37.9. The van der Waals surface area contributed by atoms with Gasteiger partial charge in [-0.3, -0.25) is 0 Å². The molecular weight excluding hydrogens is 464 g/mol. The molecule has 9 heteroatoms. The summed E-state index contributed by atoms with van der Waals surface area (Å²) in [6.07, 6.45) is 12.1. The zero-order valence-electron chi connectivity index (χ0n) is 21.1. The third-order valence-corrected chi connectivity index (χ3v) is 3.94. The maximum atomic E-state index is 9.76. The van der Waals surface area contributed by atoms with Crippen LogP contribution in [0, 0.1) is 0 Å². The summed E-state index contributed by atoms with van der Waals surface area (Å²) >= 11 is 0. The monoisotopic (exact) mass is 508 g/mol. The predicted molar refractivity (Wildman–Crippen MR) is 117 cm³/mol. The molecule has 0 saturated heterocycles. The first-order valence-electron chi connectivity index (χ1n) is 11.9. The minimum Gasteiger partial charge on any atom is -0.550 e. The molecule has 0 rings (SSSR count). The average Bonchev–Trinajstić information content (AvgIpc) is 2.69. The van der Waals surface area contributed by atoms with Crippen molar-refractivity contribution >= 4 is 23.9 Å². The van der Waals surface area contributed by atoms with Crippen LogP contribution in [-0.4, -0.2) is 23.9 Å². The SMILES string of the molecule is CCCCCC(=O)[O-].CCCCCC(=O)[O-].CCCCCC(=O)[O-].CCCCCC(=O)[O-].[Ti+4]. The number of carbonyl (C=O) groups is 4. The van der Waals surface area contributed by atoms with Gasteiger partial charge in [0.1, 0.15) is 0 Å². The number of unbranched alkanes of at least 4 members (excludes halogenated alkanes) is 8. The first-order valence-corrected chi connectivity index (χ1v) is 11.9. The Morgan fingerprint density at radius 1 is 0.394 bits per heavy atom. The zero-order chi connectivity index (χ0) is 25.6. The number of hydrogen-bond acceptors (Lipinski definition) is 8. The van der Waals surface area contributed by atoms with Gasteiger partial charge in [-0.1, -0.05) is 79.1 Å². The Labute approximate surface area is 215 Å². The van der Waals surface area contributed by atoms with Gasteiger partial charge in [0.05, 0.1) is 0 Å². The Kier molecular flexibility index (Phi) is 48.0. The fourth-order valence-corrected chi connectivity index (χ4v) is 2.08. The number of carboxylic acids is 4. The van der Waals surface area contributed by atoms with Gasteiger partial charge in [-0.15, -0.1) is 0 Å². The first-order chi connectivity index (χ1) is 15.1. The number of carbonyl (C=O) groups excluding carboxylic acids is 4. The molecule has 0 saturated carbocycles. The molecule has 0 amide bonds. The minimum absolute atomic E-state index is 0. The summed E-state index contributed by atoms with van der Waals surface area (Å²) in [4.78, 5) is 39.1. The molecular formula is C24H44O8Ti. The van der Waals surface area contributed by atoms with Crippen LogP contribution in [0.4, 0.5) is 0 Å². The molecule has 192 valence electrons. The van der Waals surface area contributed by atoms with E-state index < -0.39 is 23.9 Å². The molecule has 0 bridgehead atoms. The molecule has 0 unspecified atom stereocenters. The fourth-order valence-electron chi connectivity index (χ4n) is 2.08. The summed E-state index contributed by atoms with van der Waals surface area (Å²) in [5.74, 6) is -3.73. The summed E-state index contributed by atoms with van der Waals surface area (Å²) in [7, 11) is 0. The Morgan fingerprint density at radius 3 is 0.636 bits per heavy atom.